The van der Waals surface area contributed by atoms with Crippen molar-refractivity contribution in [1.82, 2.24) is 0 Å². The van der Waals surface area contributed by atoms with E-state index in [1.165, 1.54) is 11.3 Å². The number of halogens is 1. The Hall–Kier alpha value is -0.140. The summed E-state index contributed by atoms with van der Waals surface area (Å²) in [6, 6.07) is 10.6. The van der Waals surface area contributed by atoms with Gasteiger partial charge in [0.15, 0.2) is 0 Å². The Bertz CT molecular complexity index is 235. The van der Waals surface area contributed by atoms with Crippen molar-refractivity contribution in [3.8, 4) is 0 Å². The van der Waals surface area contributed by atoms with Gasteiger partial charge in [0.25, 0.3) is 0 Å². The maximum Gasteiger partial charge on any atom is 0.0233 e. The number of rotatable bonds is 6. The maximum atomic E-state index is 5.68. The summed E-state index contributed by atoms with van der Waals surface area (Å²) in [5.41, 5.74) is 1.43. The lowest BCUT2D eigenvalue weighted by Gasteiger charge is -2.08. The fourth-order valence-corrected chi connectivity index (χ4v) is 2.76. The van der Waals surface area contributed by atoms with Crippen molar-refractivity contribution in [3.05, 3.63) is 35.9 Å². The van der Waals surface area contributed by atoms with E-state index >= 15 is 0 Å². The summed E-state index contributed by atoms with van der Waals surface area (Å²) in [7, 11) is 0. The summed E-state index contributed by atoms with van der Waals surface area (Å²) in [4.78, 5) is 0. The summed E-state index contributed by atoms with van der Waals surface area (Å²) in [6.07, 6.45) is 2.28. The molecule has 0 bridgehead atoms. The van der Waals surface area contributed by atoms with Crippen molar-refractivity contribution in [2.45, 2.75) is 25.0 Å². The molecule has 0 saturated carbocycles. The van der Waals surface area contributed by atoms with Gasteiger partial charge < -0.3 is 0 Å². The van der Waals surface area contributed by atoms with Crippen LogP contribution in [0.15, 0.2) is 30.3 Å². The van der Waals surface area contributed by atoms with Crippen LogP contribution in [-0.4, -0.2) is 16.9 Å². The second kappa shape index (κ2) is 7.19. The highest BCUT2D eigenvalue weighted by molar-refractivity contribution is 7.99. The normalized spacial score (nSPS) is 12.7. The Labute approximate surface area is 96.0 Å². The number of thioether (sulfide) groups is 1. The number of benzene rings is 1. The summed E-state index contributed by atoms with van der Waals surface area (Å²) in [5, 5.41) is 0.691. The summed E-state index contributed by atoms with van der Waals surface area (Å²) in [5.74, 6) is 1.97. The van der Waals surface area contributed by atoms with Crippen LogP contribution >= 0.6 is 23.4 Å². The second-order valence-electron chi connectivity index (χ2n) is 3.39. The van der Waals surface area contributed by atoms with Crippen LogP contribution in [0.25, 0.3) is 0 Å². The van der Waals surface area contributed by atoms with Crippen LogP contribution in [0, 0.1) is 0 Å². The molecule has 0 aliphatic carbocycles. The molecule has 0 aromatic heterocycles. The minimum atomic E-state index is 0.691. The molecule has 0 nitrogen and oxygen atoms in total. The molecule has 1 unspecified atom stereocenters. The molecule has 78 valence electrons. The highest BCUT2D eigenvalue weighted by Crippen LogP contribution is 2.16. The summed E-state index contributed by atoms with van der Waals surface area (Å²) < 4.78 is 0. The Kier molecular flexibility index (Phi) is 6.13. The van der Waals surface area contributed by atoms with Crippen LogP contribution in [0.1, 0.15) is 18.9 Å². The van der Waals surface area contributed by atoms with E-state index in [0.29, 0.717) is 5.25 Å². The van der Waals surface area contributed by atoms with Crippen molar-refractivity contribution in [2.75, 3.05) is 11.6 Å². The predicted octanol–water partition coefficient (Wildman–Crippen LogP) is 3.98. The van der Waals surface area contributed by atoms with Gasteiger partial charge in [-0.25, -0.2) is 0 Å². The molecular weight excluding hydrogens is 212 g/mol. The number of alkyl halides is 1. The van der Waals surface area contributed by atoms with E-state index < -0.39 is 0 Å². The molecule has 0 radical (unpaired) electrons. The fraction of sp³-hybridized carbons (Fsp3) is 0.500. The maximum absolute atomic E-state index is 5.68. The SMILES string of the molecule is CC(CCCl)SCCc1ccccc1. The molecule has 0 aliphatic rings. The number of hydrogen-bond donors (Lipinski definition) is 0. The molecule has 0 aliphatic heterocycles. The third-order valence-corrected chi connectivity index (χ3v) is 3.61. The van der Waals surface area contributed by atoms with Gasteiger partial charge in [-0.1, -0.05) is 37.3 Å². The molecule has 1 atom stereocenters. The van der Waals surface area contributed by atoms with E-state index in [0.717, 1.165) is 18.7 Å². The summed E-state index contributed by atoms with van der Waals surface area (Å²) >= 11 is 7.69. The van der Waals surface area contributed by atoms with E-state index in [2.05, 4.69) is 37.3 Å². The molecular formula is C12H17ClS. The van der Waals surface area contributed by atoms with E-state index in [4.69, 9.17) is 11.6 Å². The molecule has 0 amide bonds. The van der Waals surface area contributed by atoms with Crippen molar-refractivity contribution < 1.29 is 0 Å². The van der Waals surface area contributed by atoms with Crippen LogP contribution in [-0.2, 0) is 6.42 Å². The Morgan fingerprint density at radius 3 is 2.64 bits per heavy atom. The zero-order valence-electron chi connectivity index (χ0n) is 8.58. The van der Waals surface area contributed by atoms with Crippen molar-refractivity contribution in [3.63, 3.8) is 0 Å². The molecule has 1 aromatic carbocycles. The second-order valence-corrected chi connectivity index (χ2v) is 5.32. The standard InChI is InChI=1S/C12H17ClS/c1-11(7-9-13)14-10-8-12-5-3-2-4-6-12/h2-6,11H,7-10H2,1H3. The fourth-order valence-electron chi connectivity index (χ4n) is 1.26. The van der Waals surface area contributed by atoms with E-state index in [9.17, 15) is 0 Å². The smallest absolute Gasteiger partial charge is 0.0233 e. The first-order valence-electron chi connectivity index (χ1n) is 5.04. The first-order chi connectivity index (χ1) is 6.83. The van der Waals surface area contributed by atoms with Gasteiger partial charge in [0.1, 0.15) is 0 Å². The van der Waals surface area contributed by atoms with Crippen LogP contribution in [0.2, 0.25) is 0 Å². The average Bonchev–Trinajstić information content (AvgIpc) is 2.20. The number of aryl methyl sites for hydroxylation is 1. The molecule has 0 fully saturated rings. The molecule has 0 N–H and O–H groups in total. The van der Waals surface area contributed by atoms with Gasteiger partial charge in [-0.15, -0.1) is 11.6 Å². The minimum absolute atomic E-state index is 0.691. The Morgan fingerprint density at radius 2 is 2.00 bits per heavy atom. The monoisotopic (exact) mass is 228 g/mol. The lowest BCUT2D eigenvalue weighted by atomic mass is 10.2. The van der Waals surface area contributed by atoms with Gasteiger partial charge >= 0.3 is 0 Å². The van der Waals surface area contributed by atoms with Crippen molar-refractivity contribution >= 4 is 23.4 Å². The molecule has 0 heterocycles. The summed E-state index contributed by atoms with van der Waals surface area (Å²) in [6.45, 7) is 2.25. The number of hydrogen-bond acceptors (Lipinski definition) is 1. The van der Waals surface area contributed by atoms with Gasteiger partial charge in [-0.05, 0) is 24.2 Å². The van der Waals surface area contributed by atoms with E-state index in [1.807, 2.05) is 11.8 Å². The topological polar surface area (TPSA) is 0 Å². The molecule has 0 saturated heterocycles. The third kappa shape index (κ3) is 4.92. The van der Waals surface area contributed by atoms with Crippen LogP contribution in [0.5, 0.6) is 0 Å². The van der Waals surface area contributed by atoms with E-state index in [-0.39, 0.29) is 0 Å². The van der Waals surface area contributed by atoms with Crippen LogP contribution in [0.4, 0.5) is 0 Å². The first-order valence-corrected chi connectivity index (χ1v) is 6.62. The zero-order valence-corrected chi connectivity index (χ0v) is 10.2. The van der Waals surface area contributed by atoms with Gasteiger partial charge in [0.2, 0.25) is 0 Å². The predicted molar refractivity (Wildman–Crippen MR) is 67.4 cm³/mol. The van der Waals surface area contributed by atoms with Gasteiger partial charge in [-0.2, -0.15) is 11.8 Å². The first kappa shape index (κ1) is 11.9. The molecule has 14 heavy (non-hydrogen) atoms. The largest absolute Gasteiger partial charge is 0.158 e. The minimum Gasteiger partial charge on any atom is -0.158 e. The van der Waals surface area contributed by atoms with Gasteiger partial charge in [-0.3, -0.25) is 0 Å². The zero-order chi connectivity index (χ0) is 10.2. The van der Waals surface area contributed by atoms with E-state index in [1.54, 1.807) is 0 Å². The highest BCUT2D eigenvalue weighted by Gasteiger charge is 2.01. The van der Waals surface area contributed by atoms with Gasteiger partial charge in [0.05, 0.1) is 0 Å². The lowest BCUT2D eigenvalue weighted by Crippen LogP contribution is -1.99. The molecule has 2 heteroatoms. The van der Waals surface area contributed by atoms with Crippen molar-refractivity contribution in [2.24, 2.45) is 0 Å². The van der Waals surface area contributed by atoms with Crippen molar-refractivity contribution in [1.29, 1.82) is 0 Å². The Balaban J connectivity index is 2.16. The van der Waals surface area contributed by atoms with Gasteiger partial charge in [0, 0.05) is 11.1 Å². The molecule has 1 aromatic rings. The molecule has 1 rings (SSSR count). The highest BCUT2D eigenvalue weighted by atomic mass is 35.5. The average molecular weight is 229 g/mol. The Morgan fingerprint density at radius 1 is 1.29 bits per heavy atom. The van der Waals surface area contributed by atoms with Crippen LogP contribution < -0.4 is 0 Å². The molecule has 0 spiro atoms. The third-order valence-electron chi connectivity index (χ3n) is 2.15. The quantitative estimate of drug-likeness (QED) is 0.664. The lowest BCUT2D eigenvalue weighted by molar-refractivity contribution is 0.910. The van der Waals surface area contributed by atoms with Crippen LogP contribution in [0.3, 0.4) is 0 Å².